The highest BCUT2D eigenvalue weighted by Gasteiger charge is 2.02. The molecular weight excluding hydrogens is 188 g/mol. The summed E-state index contributed by atoms with van der Waals surface area (Å²) in [5, 5.41) is 11.4. The van der Waals surface area contributed by atoms with E-state index in [2.05, 4.69) is 5.32 Å². The minimum absolute atomic E-state index is 0.0614. The van der Waals surface area contributed by atoms with Gasteiger partial charge < -0.3 is 10.4 Å². The Bertz CT molecular complexity index is 291. The van der Waals surface area contributed by atoms with Gasteiger partial charge in [-0.3, -0.25) is 0 Å². The quantitative estimate of drug-likeness (QED) is 0.699. The first-order chi connectivity index (χ1) is 6.74. The van der Waals surface area contributed by atoms with Gasteiger partial charge in [-0.2, -0.15) is 0 Å². The van der Waals surface area contributed by atoms with Crippen LogP contribution in [0.4, 0.5) is 8.78 Å². The zero-order valence-corrected chi connectivity index (χ0v) is 7.76. The smallest absolute Gasteiger partial charge is 0.129 e. The van der Waals surface area contributed by atoms with Crippen LogP contribution in [0.2, 0.25) is 0 Å². The highest BCUT2D eigenvalue weighted by Crippen LogP contribution is 2.09. The minimum atomic E-state index is -0.561. The maximum atomic E-state index is 13.0. The Morgan fingerprint density at radius 2 is 2.00 bits per heavy atom. The predicted octanol–water partition coefficient (Wildman–Crippen LogP) is 1.09. The zero-order valence-electron chi connectivity index (χ0n) is 7.76. The molecule has 78 valence electrons. The molecule has 0 fully saturated rings. The van der Waals surface area contributed by atoms with Crippen molar-refractivity contribution in [2.75, 3.05) is 19.7 Å². The molecule has 0 aliphatic heterocycles. The van der Waals surface area contributed by atoms with Crippen LogP contribution in [0, 0.1) is 11.6 Å². The number of hydrogen-bond acceptors (Lipinski definition) is 2. The second-order valence-corrected chi connectivity index (χ2v) is 2.96. The molecule has 0 heterocycles. The lowest BCUT2D eigenvalue weighted by molar-refractivity contribution is 0.292. The van der Waals surface area contributed by atoms with E-state index in [0.29, 0.717) is 25.1 Å². The molecule has 0 atom stereocenters. The van der Waals surface area contributed by atoms with Crippen LogP contribution in [0.25, 0.3) is 0 Å². The number of rotatable bonds is 5. The maximum absolute atomic E-state index is 13.0. The van der Waals surface area contributed by atoms with Gasteiger partial charge in [0.1, 0.15) is 11.6 Å². The van der Waals surface area contributed by atoms with E-state index in [0.717, 1.165) is 6.07 Å². The number of aliphatic hydroxyl groups is 1. The lowest BCUT2D eigenvalue weighted by atomic mass is 10.1. The first-order valence-electron chi connectivity index (χ1n) is 4.49. The molecule has 2 N–H and O–H groups in total. The summed E-state index contributed by atoms with van der Waals surface area (Å²) in [7, 11) is 0. The molecule has 1 aromatic carbocycles. The van der Waals surface area contributed by atoms with Crippen molar-refractivity contribution in [1.29, 1.82) is 0 Å². The Morgan fingerprint density at radius 1 is 1.21 bits per heavy atom. The molecule has 0 bridgehead atoms. The second kappa shape index (κ2) is 5.67. The van der Waals surface area contributed by atoms with Gasteiger partial charge in [0.2, 0.25) is 0 Å². The van der Waals surface area contributed by atoms with Crippen molar-refractivity contribution >= 4 is 0 Å². The Kier molecular flexibility index (Phi) is 4.49. The average molecular weight is 201 g/mol. The molecule has 0 amide bonds. The van der Waals surface area contributed by atoms with Gasteiger partial charge >= 0.3 is 0 Å². The fraction of sp³-hybridized carbons (Fsp3) is 0.400. The van der Waals surface area contributed by atoms with Crippen molar-refractivity contribution < 1.29 is 13.9 Å². The van der Waals surface area contributed by atoms with Gasteiger partial charge in [-0.05, 0) is 24.6 Å². The van der Waals surface area contributed by atoms with Crippen molar-refractivity contribution in [2.45, 2.75) is 6.42 Å². The Labute approximate surface area is 81.6 Å². The maximum Gasteiger partial charge on any atom is 0.129 e. The van der Waals surface area contributed by atoms with E-state index in [4.69, 9.17) is 5.11 Å². The molecule has 14 heavy (non-hydrogen) atoms. The fourth-order valence-corrected chi connectivity index (χ4v) is 1.15. The SMILES string of the molecule is OCCNCCc1ccc(F)cc1F. The lowest BCUT2D eigenvalue weighted by Crippen LogP contribution is -2.21. The third-order valence-electron chi connectivity index (χ3n) is 1.87. The summed E-state index contributed by atoms with van der Waals surface area (Å²) >= 11 is 0. The summed E-state index contributed by atoms with van der Waals surface area (Å²) in [6, 6.07) is 3.55. The molecule has 0 aromatic heterocycles. The first kappa shape index (κ1) is 11.1. The number of benzene rings is 1. The molecule has 0 aliphatic carbocycles. The summed E-state index contributed by atoms with van der Waals surface area (Å²) < 4.78 is 25.5. The van der Waals surface area contributed by atoms with Crippen LogP contribution >= 0.6 is 0 Å². The summed E-state index contributed by atoms with van der Waals surface area (Å²) in [5.74, 6) is -1.08. The number of aliphatic hydroxyl groups excluding tert-OH is 1. The fourth-order valence-electron chi connectivity index (χ4n) is 1.15. The molecule has 0 saturated carbocycles. The molecule has 0 aliphatic rings. The Balaban J connectivity index is 2.42. The van der Waals surface area contributed by atoms with E-state index in [-0.39, 0.29) is 6.61 Å². The van der Waals surface area contributed by atoms with Gasteiger partial charge in [0.25, 0.3) is 0 Å². The first-order valence-corrected chi connectivity index (χ1v) is 4.49. The van der Waals surface area contributed by atoms with Gasteiger partial charge in [-0.1, -0.05) is 6.07 Å². The van der Waals surface area contributed by atoms with E-state index in [9.17, 15) is 8.78 Å². The number of nitrogens with one attached hydrogen (secondary N) is 1. The lowest BCUT2D eigenvalue weighted by Gasteiger charge is -2.04. The van der Waals surface area contributed by atoms with Crippen LogP contribution in [-0.2, 0) is 6.42 Å². The highest BCUT2D eigenvalue weighted by atomic mass is 19.1. The van der Waals surface area contributed by atoms with Gasteiger partial charge in [0.05, 0.1) is 6.61 Å². The third-order valence-corrected chi connectivity index (χ3v) is 1.87. The van der Waals surface area contributed by atoms with Crippen molar-refractivity contribution in [3.8, 4) is 0 Å². The summed E-state index contributed by atoms with van der Waals surface area (Å²) in [6.45, 7) is 1.12. The van der Waals surface area contributed by atoms with Gasteiger partial charge in [-0.25, -0.2) is 8.78 Å². The molecule has 0 spiro atoms. The molecule has 0 unspecified atom stereocenters. The number of hydrogen-bond donors (Lipinski definition) is 2. The monoisotopic (exact) mass is 201 g/mol. The highest BCUT2D eigenvalue weighted by molar-refractivity contribution is 5.18. The third kappa shape index (κ3) is 3.40. The van der Waals surface area contributed by atoms with Crippen molar-refractivity contribution in [2.24, 2.45) is 0 Å². The molecule has 0 radical (unpaired) electrons. The topological polar surface area (TPSA) is 32.3 Å². The number of halogens is 2. The molecular formula is C10H13F2NO. The second-order valence-electron chi connectivity index (χ2n) is 2.96. The van der Waals surface area contributed by atoms with Gasteiger partial charge in [0, 0.05) is 12.6 Å². The van der Waals surface area contributed by atoms with E-state index in [1.165, 1.54) is 12.1 Å². The van der Waals surface area contributed by atoms with Crippen LogP contribution in [0.1, 0.15) is 5.56 Å². The largest absolute Gasteiger partial charge is 0.395 e. The molecule has 1 aromatic rings. The van der Waals surface area contributed by atoms with Crippen LogP contribution in [0.5, 0.6) is 0 Å². The van der Waals surface area contributed by atoms with E-state index < -0.39 is 11.6 Å². The van der Waals surface area contributed by atoms with E-state index in [1.54, 1.807) is 0 Å². The van der Waals surface area contributed by atoms with Crippen LogP contribution in [-0.4, -0.2) is 24.8 Å². The standard InChI is InChI=1S/C10H13F2NO/c11-9-2-1-8(10(12)7-9)3-4-13-5-6-14/h1-2,7,13-14H,3-6H2. The molecule has 2 nitrogen and oxygen atoms in total. The Morgan fingerprint density at radius 3 is 2.64 bits per heavy atom. The van der Waals surface area contributed by atoms with Gasteiger partial charge in [0.15, 0.2) is 0 Å². The zero-order chi connectivity index (χ0) is 10.4. The summed E-state index contributed by atoms with van der Waals surface area (Å²) in [4.78, 5) is 0. The van der Waals surface area contributed by atoms with Gasteiger partial charge in [-0.15, -0.1) is 0 Å². The van der Waals surface area contributed by atoms with Crippen molar-refractivity contribution in [3.05, 3.63) is 35.4 Å². The van der Waals surface area contributed by atoms with Crippen LogP contribution < -0.4 is 5.32 Å². The summed E-state index contributed by atoms with van der Waals surface area (Å²) in [6.07, 6.45) is 0.492. The average Bonchev–Trinajstić information content (AvgIpc) is 2.15. The predicted molar refractivity (Wildman–Crippen MR) is 50.0 cm³/mol. The summed E-state index contributed by atoms with van der Waals surface area (Å²) in [5.41, 5.74) is 0.483. The Hall–Kier alpha value is -1.00. The van der Waals surface area contributed by atoms with Crippen LogP contribution in [0.3, 0.4) is 0 Å². The molecule has 1 rings (SSSR count). The van der Waals surface area contributed by atoms with Crippen molar-refractivity contribution in [3.63, 3.8) is 0 Å². The van der Waals surface area contributed by atoms with E-state index >= 15 is 0 Å². The van der Waals surface area contributed by atoms with Crippen molar-refractivity contribution in [1.82, 2.24) is 5.32 Å². The minimum Gasteiger partial charge on any atom is -0.395 e. The molecule has 4 heteroatoms. The normalized spacial score (nSPS) is 10.5. The van der Waals surface area contributed by atoms with E-state index in [1.807, 2.05) is 0 Å². The van der Waals surface area contributed by atoms with Crippen LogP contribution in [0.15, 0.2) is 18.2 Å². The molecule has 0 saturated heterocycles.